The zero-order valence-electron chi connectivity index (χ0n) is 15.6. The number of allylic oxidation sites excluding steroid dienone is 1. The van der Waals surface area contributed by atoms with Crippen LogP contribution in [-0.2, 0) is 4.57 Å². The van der Waals surface area contributed by atoms with Crippen molar-refractivity contribution in [1.29, 1.82) is 0 Å². The Kier molecular flexibility index (Phi) is 4.11. The van der Waals surface area contributed by atoms with Crippen LogP contribution < -0.4 is 0 Å². The second-order valence-corrected chi connectivity index (χ2v) is 8.23. The van der Waals surface area contributed by atoms with Crippen molar-refractivity contribution in [2.45, 2.75) is 25.9 Å². The molecule has 0 aliphatic carbocycles. The third kappa shape index (κ3) is 2.82. The summed E-state index contributed by atoms with van der Waals surface area (Å²) in [6.07, 6.45) is 0.852. The molecule has 3 atom stereocenters. The van der Waals surface area contributed by atoms with Crippen LogP contribution in [-0.4, -0.2) is 17.8 Å². The average Bonchev–Trinajstić information content (AvgIpc) is 2.87. The fourth-order valence-electron chi connectivity index (χ4n) is 3.18. The molecule has 0 saturated carbocycles. The third-order valence-corrected chi connectivity index (χ3v) is 7.80. The largest absolute Gasteiger partial charge is 0.301 e. The first kappa shape index (κ1) is 13.8. The van der Waals surface area contributed by atoms with Gasteiger partial charge in [-0.15, -0.1) is 0 Å². The lowest BCUT2D eigenvalue weighted by Gasteiger charge is -2.34. The van der Waals surface area contributed by atoms with Crippen LogP contribution in [0.5, 0.6) is 0 Å². The van der Waals surface area contributed by atoms with Gasteiger partial charge in [0.25, 0.3) is 0 Å². The monoisotopic (exact) mass is 327 g/mol. The lowest BCUT2D eigenvalue weighted by Crippen LogP contribution is -2.22. The van der Waals surface area contributed by atoms with Gasteiger partial charge in [-0.3, -0.25) is 0 Å². The van der Waals surface area contributed by atoms with E-state index in [0.29, 0.717) is 24.0 Å². The molecule has 1 aliphatic heterocycles. The average molecular weight is 327 g/mol. The quantitative estimate of drug-likeness (QED) is 0.648. The zero-order valence-corrected chi connectivity index (χ0v) is 14.5. The Morgan fingerprint density at radius 1 is 1.09 bits per heavy atom. The van der Waals surface area contributed by atoms with Gasteiger partial charge >= 0.3 is 0 Å². The van der Waals surface area contributed by atoms with Gasteiger partial charge in [0.2, 0.25) is 0 Å². The molecule has 2 aromatic carbocycles. The van der Waals surface area contributed by atoms with Crippen molar-refractivity contribution in [1.82, 2.24) is 4.67 Å². The van der Waals surface area contributed by atoms with Gasteiger partial charge in [-0.2, -0.15) is 0 Å². The second-order valence-electron chi connectivity index (χ2n) is 5.55. The first-order chi connectivity index (χ1) is 12.0. The van der Waals surface area contributed by atoms with Crippen LogP contribution in [0.2, 0.25) is 0 Å². The molecule has 1 heterocycles. The number of hydrogen-bond acceptors (Lipinski definition) is 1. The summed E-state index contributed by atoms with van der Waals surface area (Å²) in [4.78, 5) is 0. The molecule has 2 nitrogen and oxygen atoms in total. The number of benzene rings is 2. The molecule has 0 fully saturated rings. The maximum Gasteiger partial charge on any atom is 0.186 e. The molecule has 3 rings (SSSR count). The SMILES string of the molecule is [2H][C@@H]1C=C(c2ccccc2)[P@@](=O)(N(CC)CC)[C@@]1([2H])c1ccccc1. The highest BCUT2D eigenvalue weighted by Crippen LogP contribution is 2.75. The highest BCUT2D eigenvalue weighted by Gasteiger charge is 2.45. The molecule has 0 saturated heterocycles. The summed E-state index contributed by atoms with van der Waals surface area (Å²) in [5.74, 6) is 0. The summed E-state index contributed by atoms with van der Waals surface area (Å²) in [5.41, 5.74) is -0.00158. The minimum absolute atomic E-state index is 0.581. The fourth-order valence-corrected chi connectivity index (χ4v) is 6.39. The molecular weight excluding hydrogens is 301 g/mol. The van der Waals surface area contributed by atoms with E-state index in [1.807, 2.05) is 79.2 Å². The standard InChI is InChI=1S/C20H24NOP/c1-3-21(4-2)23(22)19(17-11-7-5-8-12-17)15-16-20(23)18-13-9-6-10-14-18/h5-15,20H,3-4,16H2,1-2H3/t20-,23+/m1/s1/i16D,20D/t16-,20-,23+. The van der Waals surface area contributed by atoms with Crippen LogP contribution in [0.3, 0.4) is 0 Å². The topological polar surface area (TPSA) is 20.3 Å². The van der Waals surface area contributed by atoms with Crippen molar-refractivity contribution in [2.24, 2.45) is 0 Å². The molecule has 0 bridgehead atoms. The van der Waals surface area contributed by atoms with Crippen molar-refractivity contribution < 1.29 is 7.31 Å². The molecule has 1 aliphatic rings. The summed E-state index contributed by atoms with van der Waals surface area (Å²) in [7, 11) is -3.34. The van der Waals surface area contributed by atoms with Crippen LogP contribution in [0, 0.1) is 0 Å². The number of hydrogen-bond donors (Lipinski definition) is 0. The van der Waals surface area contributed by atoms with Crippen molar-refractivity contribution in [3.63, 3.8) is 0 Å². The van der Waals surface area contributed by atoms with E-state index in [0.717, 1.165) is 5.56 Å². The van der Waals surface area contributed by atoms with E-state index < -0.39 is 19.3 Å². The number of nitrogens with zero attached hydrogens (tertiary/aromatic N) is 1. The van der Waals surface area contributed by atoms with Crippen molar-refractivity contribution in [3.8, 4) is 0 Å². The van der Waals surface area contributed by atoms with Gasteiger partial charge in [0.05, 0.1) is 5.64 Å². The highest BCUT2D eigenvalue weighted by molar-refractivity contribution is 7.72. The van der Waals surface area contributed by atoms with Crippen LogP contribution in [0.4, 0.5) is 0 Å². The first-order valence-electron chi connectivity index (χ1n) is 9.19. The molecular formula is C20H24NOP. The highest BCUT2D eigenvalue weighted by atomic mass is 31.2. The van der Waals surface area contributed by atoms with Crippen molar-refractivity contribution in [3.05, 3.63) is 77.9 Å². The van der Waals surface area contributed by atoms with E-state index in [4.69, 9.17) is 1.37 Å². The molecule has 3 heteroatoms. The van der Waals surface area contributed by atoms with Gasteiger partial charge in [-0.1, -0.05) is 80.6 Å². The zero-order chi connectivity index (χ0) is 18.1. The lowest BCUT2D eigenvalue weighted by atomic mass is 10.1. The Morgan fingerprint density at radius 3 is 2.22 bits per heavy atom. The lowest BCUT2D eigenvalue weighted by molar-refractivity contribution is 0.444. The molecule has 23 heavy (non-hydrogen) atoms. The predicted octanol–water partition coefficient (Wildman–Crippen LogP) is 5.79. The van der Waals surface area contributed by atoms with E-state index in [2.05, 4.69) is 0 Å². The first-order valence-corrected chi connectivity index (χ1v) is 9.77. The van der Waals surface area contributed by atoms with E-state index >= 15 is 0 Å². The summed E-state index contributed by atoms with van der Waals surface area (Å²) in [6, 6.07) is 18.8. The van der Waals surface area contributed by atoms with Crippen LogP contribution in [0.1, 0.15) is 39.7 Å². The minimum atomic E-state index is -3.34. The molecule has 2 aromatic rings. The molecule has 0 spiro atoms. The Balaban J connectivity index is 2.26. The van der Waals surface area contributed by atoms with Gasteiger partial charge in [-0.05, 0) is 17.5 Å². The van der Waals surface area contributed by atoms with E-state index in [1.165, 1.54) is 0 Å². The number of rotatable bonds is 5. The minimum Gasteiger partial charge on any atom is -0.301 e. The van der Waals surface area contributed by atoms with Gasteiger partial charge in [0.1, 0.15) is 0 Å². The van der Waals surface area contributed by atoms with Gasteiger partial charge in [0, 0.05) is 21.1 Å². The molecule has 120 valence electrons. The fraction of sp³-hybridized carbons (Fsp3) is 0.300. The van der Waals surface area contributed by atoms with E-state index in [-0.39, 0.29) is 0 Å². The summed E-state index contributed by atoms with van der Waals surface area (Å²) < 4.78 is 34.3. The van der Waals surface area contributed by atoms with Crippen LogP contribution in [0.25, 0.3) is 5.31 Å². The second kappa shape index (κ2) is 6.86. The van der Waals surface area contributed by atoms with E-state index in [1.54, 1.807) is 6.08 Å². The molecule has 0 unspecified atom stereocenters. The smallest absolute Gasteiger partial charge is 0.186 e. The summed E-state index contributed by atoms with van der Waals surface area (Å²) in [5, 5.41) is 0.649. The van der Waals surface area contributed by atoms with Crippen molar-refractivity contribution >= 4 is 12.6 Å². The Labute approximate surface area is 142 Å². The summed E-state index contributed by atoms with van der Waals surface area (Å²) in [6.45, 7) is 5.10. The molecule has 0 aromatic heterocycles. The van der Waals surface area contributed by atoms with Gasteiger partial charge in [-0.25, -0.2) is 4.67 Å². The maximum atomic E-state index is 14.5. The van der Waals surface area contributed by atoms with Gasteiger partial charge < -0.3 is 4.57 Å². The predicted molar refractivity (Wildman–Crippen MR) is 98.7 cm³/mol. The summed E-state index contributed by atoms with van der Waals surface area (Å²) >= 11 is 0. The molecule has 0 amide bonds. The normalized spacial score (nSPS) is 31.6. The Bertz CT molecular complexity index is 805. The third-order valence-electron chi connectivity index (χ3n) is 4.32. The van der Waals surface area contributed by atoms with Gasteiger partial charge in [0.15, 0.2) is 7.29 Å². The maximum absolute atomic E-state index is 14.5. The molecule has 0 radical (unpaired) electrons. The Hall–Kier alpha value is -1.63. The van der Waals surface area contributed by atoms with Crippen molar-refractivity contribution in [2.75, 3.05) is 13.1 Å². The van der Waals surface area contributed by atoms with Crippen LogP contribution in [0.15, 0.2) is 66.7 Å². The Morgan fingerprint density at radius 2 is 1.65 bits per heavy atom. The molecule has 0 N–H and O–H groups in total. The van der Waals surface area contributed by atoms with E-state index in [9.17, 15) is 5.94 Å². The van der Waals surface area contributed by atoms with Crippen LogP contribution >= 0.6 is 7.29 Å².